The number of para-hydroxylation sites is 1. The van der Waals surface area contributed by atoms with E-state index >= 15 is 0 Å². The van der Waals surface area contributed by atoms with Gasteiger partial charge in [-0.05, 0) is 34.7 Å². The van der Waals surface area contributed by atoms with Gasteiger partial charge in [0, 0.05) is 18.7 Å². The van der Waals surface area contributed by atoms with Crippen molar-refractivity contribution in [1.29, 1.82) is 0 Å². The van der Waals surface area contributed by atoms with Crippen molar-refractivity contribution in [3.8, 4) is 28.7 Å². The molecule has 0 unspecified atom stereocenters. The van der Waals surface area contributed by atoms with Crippen LogP contribution in [-0.4, -0.2) is 43.2 Å². The Balaban J connectivity index is 1.32. The molecule has 0 fully saturated rings. The van der Waals surface area contributed by atoms with Gasteiger partial charge < -0.3 is 18.7 Å². The maximum Gasteiger partial charge on any atom is 0.257 e. The topological polar surface area (TPSA) is 123 Å². The Bertz CT molecular complexity index is 1540. The minimum Gasteiger partial charge on any atom is -0.496 e. The molecule has 0 N–H and O–H groups in total. The molecule has 186 valence electrons. The summed E-state index contributed by atoms with van der Waals surface area (Å²) in [6, 6.07) is 20.4. The van der Waals surface area contributed by atoms with Crippen molar-refractivity contribution in [3.63, 3.8) is 0 Å². The molecule has 0 aliphatic carbocycles. The van der Waals surface area contributed by atoms with Gasteiger partial charge >= 0.3 is 0 Å². The second-order valence-electron chi connectivity index (χ2n) is 7.60. The largest absolute Gasteiger partial charge is 0.496 e. The molecule has 0 amide bonds. The number of aromatic nitrogens is 6. The van der Waals surface area contributed by atoms with E-state index in [2.05, 4.69) is 30.9 Å². The third kappa shape index (κ3) is 5.27. The van der Waals surface area contributed by atoms with Gasteiger partial charge in [-0.3, -0.25) is 0 Å². The van der Waals surface area contributed by atoms with Crippen molar-refractivity contribution in [1.82, 2.24) is 30.4 Å². The number of hydrogen-bond acceptors (Lipinski definition) is 10. The van der Waals surface area contributed by atoms with Crippen LogP contribution < -0.4 is 9.47 Å². The summed E-state index contributed by atoms with van der Waals surface area (Å²) in [6.07, 6.45) is 0. The zero-order valence-electron chi connectivity index (χ0n) is 19.8. The summed E-state index contributed by atoms with van der Waals surface area (Å²) in [6.45, 7) is -0.0919. The van der Waals surface area contributed by atoms with Crippen LogP contribution in [0.25, 0.3) is 11.5 Å². The zero-order chi connectivity index (χ0) is 25.6. The van der Waals surface area contributed by atoms with Gasteiger partial charge in [0.15, 0.2) is 23.9 Å². The summed E-state index contributed by atoms with van der Waals surface area (Å²) in [5.74, 6) is 1.25. The standard InChI is InChI=1S/C25H20FN7O4/c1-33-24(28-31-32-33)23(16-8-4-3-5-9-16)30-35-15-22-27-29-25(37-22)18-13-12-17(14-21(18)34-2)36-20-11-7-6-10-19(20)26/h3-14H,15H2,1-2H3/b30-23-. The normalized spacial score (nSPS) is 11.4. The Morgan fingerprint density at radius 3 is 2.54 bits per heavy atom. The number of tetrazole rings is 1. The maximum absolute atomic E-state index is 13.9. The molecule has 11 nitrogen and oxygen atoms in total. The van der Waals surface area contributed by atoms with E-state index in [1.165, 1.54) is 23.9 Å². The van der Waals surface area contributed by atoms with Crippen LogP contribution in [0.4, 0.5) is 4.39 Å². The maximum atomic E-state index is 13.9. The first-order valence-electron chi connectivity index (χ1n) is 11.0. The molecular formula is C25H20FN7O4. The van der Waals surface area contributed by atoms with Crippen LogP contribution in [-0.2, 0) is 18.5 Å². The van der Waals surface area contributed by atoms with E-state index in [0.717, 1.165) is 5.56 Å². The van der Waals surface area contributed by atoms with Crippen molar-refractivity contribution in [2.75, 3.05) is 7.11 Å². The molecule has 0 radical (unpaired) electrons. The number of halogens is 1. The number of benzene rings is 3. The molecule has 0 atom stereocenters. The summed E-state index contributed by atoms with van der Waals surface area (Å²) >= 11 is 0. The molecule has 5 aromatic rings. The minimum absolute atomic E-state index is 0.0919. The van der Waals surface area contributed by atoms with Crippen LogP contribution in [0.2, 0.25) is 0 Å². The number of aryl methyl sites for hydroxylation is 1. The lowest BCUT2D eigenvalue weighted by Crippen LogP contribution is -2.12. The Morgan fingerprint density at radius 1 is 0.973 bits per heavy atom. The molecule has 37 heavy (non-hydrogen) atoms. The van der Waals surface area contributed by atoms with E-state index in [-0.39, 0.29) is 24.1 Å². The van der Waals surface area contributed by atoms with Gasteiger partial charge in [0.1, 0.15) is 11.5 Å². The summed E-state index contributed by atoms with van der Waals surface area (Å²) in [5.41, 5.74) is 1.75. The Labute approximate surface area is 210 Å². The van der Waals surface area contributed by atoms with Crippen LogP contribution in [0.5, 0.6) is 17.2 Å². The summed E-state index contributed by atoms with van der Waals surface area (Å²) in [4.78, 5) is 5.51. The third-order valence-corrected chi connectivity index (χ3v) is 5.16. The first kappa shape index (κ1) is 23.6. The van der Waals surface area contributed by atoms with Gasteiger partial charge in [-0.25, -0.2) is 9.07 Å². The van der Waals surface area contributed by atoms with Gasteiger partial charge in [-0.15, -0.1) is 15.3 Å². The fraction of sp³-hybridized carbons (Fsp3) is 0.120. The van der Waals surface area contributed by atoms with E-state index in [9.17, 15) is 4.39 Å². The van der Waals surface area contributed by atoms with Crippen LogP contribution in [0.15, 0.2) is 82.4 Å². The molecule has 5 rings (SSSR count). The van der Waals surface area contributed by atoms with Gasteiger partial charge in [-0.1, -0.05) is 47.6 Å². The van der Waals surface area contributed by atoms with E-state index < -0.39 is 5.82 Å². The van der Waals surface area contributed by atoms with Crippen molar-refractivity contribution in [2.24, 2.45) is 12.2 Å². The van der Waals surface area contributed by atoms with Crippen molar-refractivity contribution >= 4 is 5.71 Å². The van der Waals surface area contributed by atoms with Crippen LogP contribution in [0.1, 0.15) is 17.3 Å². The molecule has 0 spiro atoms. The van der Waals surface area contributed by atoms with E-state index in [4.69, 9.17) is 18.7 Å². The monoisotopic (exact) mass is 501 g/mol. The Morgan fingerprint density at radius 2 is 1.78 bits per heavy atom. The highest BCUT2D eigenvalue weighted by Gasteiger charge is 2.17. The number of nitrogens with zero attached hydrogens (tertiary/aromatic N) is 7. The predicted octanol–water partition coefficient (Wildman–Crippen LogP) is 4.17. The highest BCUT2D eigenvalue weighted by Crippen LogP contribution is 2.34. The highest BCUT2D eigenvalue weighted by molar-refractivity contribution is 6.10. The third-order valence-electron chi connectivity index (χ3n) is 5.16. The van der Waals surface area contributed by atoms with Gasteiger partial charge in [0.05, 0.1) is 12.7 Å². The number of hydrogen-bond donors (Lipinski definition) is 0. The number of rotatable bonds is 9. The van der Waals surface area contributed by atoms with Crippen molar-refractivity contribution < 1.29 is 23.1 Å². The number of oxime groups is 1. The van der Waals surface area contributed by atoms with Crippen molar-refractivity contribution in [3.05, 3.63) is 95.9 Å². The first-order chi connectivity index (χ1) is 18.1. The molecule has 3 aromatic carbocycles. The van der Waals surface area contributed by atoms with E-state index in [1.54, 1.807) is 37.4 Å². The summed E-state index contributed by atoms with van der Waals surface area (Å²) in [7, 11) is 3.20. The Hall–Kier alpha value is -5.13. The van der Waals surface area contributed by atoms with Crippen LogP contribution in [0.3, 0.4) is 0 Å². The molecule has 0 aliphatic heterocycles. The molecular weight excluding hydrogens is 481 g/mol. The fourth-order valence-corrected chi connectivity index (χ4v) is 3.39. The van der Waals surface area contributed by atoms with Crippen LogP contribution >= 0.6 is 0 Å². The minimum atomic E-state index is -0.472. The molecule has 0 aliphatic rings. The lowest BCUT2D eigenvalue weighted by Gasteiger charge is -2.10. The molecule has 12 heteroatoms. The molecule has 0 saturated carbocycles. The summed E-state index contributed by atoms with van der Waals surface area (Å²) < 4.78 is 32.3. The fourth-order valence-electron chi connectivity index (χ4n) is 3.39. The Kier molecular flexibility index (Phi) is 6.79. The number of ether oxygens (including phenoxy) is 2. The smallest absolute Gasteiger partial charge is 0.257 e. The molecule has 2 heterocycles. The first-order valence-corrected chi connectivity index (χ1v) is 11.0. The van der Waals surface area contributed by atoms with Gasteiger partial charge in [-0.2, -0.15) is 0 Å². The van der Waals surface area contributed by atoms with Crippen molar-refractivity contribution in [2.45, 2.75) is 6.61 Å². The lowest BCUT2D eigenvalue weighted by molar-refractivity contribution is 0.111. The lowest BCUT2D eigenvalue weighted by atomic mass is 10.1. The zero-order valence-corrected chi connectivity index (χ0v) is 19.8. The van der Waals surface area contributed by atoms with E-state index in [0.29, 0.717) is 28.6 Å². The molecule has 0 saturated heterocycles. The SMILES string of the molecule is COc1cc(Oc2ccccc2F)ccc1-c1nnc(CO/N=C(/c2ccccc2)c2nnnn2C)o1. The van der Waals surface area contributed by atoms with E-state index in [1.807, 2.05) is 30.3 Å². The second kappa shape index (κ2) is 10.6. The molecule has 0 bridgehead atoms. The van der Waals surface area contributed by atoms with Crippen LogP contribution in [0, 0.1) is 5.82 Å². The second-order valence-corrected chi connectivity index (χ2v) is 7.60. The number of methoxy groups -OCH3 is 1. The average molecular weight is 501 g/mol. The van der Waals surface area contributed by atoms with Gasteiger partial charge in [0.25, 0.3) is 11.8 Å². The predicted molar refractivity (Wildman–Crippen MR) is 128 cm³/mol. The molecule has 2 aromatic heterocycles. The quantitative estimate of drug-likeness (QED) is 0.216. The summed E-state index contributed by atoms with van der Waals surface area (Å²) in [5, 5.41) is 23.9. The van der Waals surface area contributed by atoms with Gasteiger partial charge in [0.2, 0.25) is 5.82 Å². The highest BCUT2D eigenvalue weighted by atomic mass is 19.1. The average Bonchev–Trinajstić information content (AvgIpc) is 3.57.